The van der Waals surface area contributed by atoms with Gasteiger partial charge in [0, 0.05) is 15.3 Å². The van der Waals surface area contributed by atoms with Gasteiger partial charge in [0.2, 0.25) is 0 Å². The molecule has 1 heterocycles. The topological polar surface area (TPSA) is 0 Å². The zero-order valence-electron chi connectivity index (χ0n) is 15.4. The molecule has 0 aliphatic rings. The molecule has 26 heavy (non-hydrogen) atoms. The molecular formula is C25H22S. The second-order valence-corrected chi connectivity index (χ2v) is 7.85. The highest BCUT2D eigenvalue weighted by molar-refractivity contribution is 7.19. The zero-order chi connectivity index (χ0) is 18.1. The molecule has 0 nitrogen and oxygen atoms in total. The first kappa shape index (κ1) is 16.8. The Hall–Kier alpha value is -2.64. The molecule has 0 fully saturated rings. The number of rotatable bonds is 3. The lowest BCUT2D eigenvalue weighted by molar-refractivity contribution is 1.45. The fourth-order valence-electron chi connectivity index (χ4n) is 3.48. The summed E-state index contributed by atoms with van der Waals surface area (Å²) in [6, 6.07) is 28.4. The highest BCUT2D eigenvalue weighted by Crippen LogP contribution is 2.45. The van der Waals surface area contributed by atoms with Crippen LogP contribution in [0.3, 0.4) is 0 Å². The van der Waals surface area contributed by atoms with Gasteiger partial charge in [-0.05, 0) is 60.2 Å². The summed E-state index contributed by atoms with van der Waals surface area (Å²) in [5.41, 5.74) is 9.27. The Kier molecular flexibility index (Phi) is 4.48. The highest BCUT2D eigenvalue weighted by Gasteiger charge is 2.17. The minimum atomic E-state index is 1.32. The van der Waals surface area contributed by atoms with E-state index in [1.807, 2.05) is 11.3 Å². The Balaban J connectivity index is 1.99. The average molecular weight is 355 g/mol. The van der Waals surface area contributed by atoms with Crippen molar-refractivity contribution < 1.29 is 0 Å². The van der Waals surface area contributed by atoms with Crippen molar-refractivity contribution in [1.29, 1.82) is 0 Å². The molecule has 0 N–H and O–H groups in total. The minimum absolute atomic E-state index is 1.32. The lowest BCUT2D eigenvalue weighted by atomic mass is 9.96. The van der Waals surface area contributed by atoms with E-state index in [-0.39, 0.29) is 0 Å². The van der Waals surface area contributed by atoms with Gasteiger partial charge in [0.05, 0.1) is 0 Å². The summed E-state index contributed by atoms with van der Waals surface area (Å²) in [6.45, 7) is 6.59. The summed E-state index contributed by atoms with van der Waals surface area (Å²) in [5.74, 6) is 0. The summed E-state index contributed by atoms with van der Waals surface area (Å²) < 4.78 is 0. The molecule has 0 unspecified atom stereocenters. The average Bonchev–Trinajstić information content (AvgIpc) is 3.07. The molecule has 0 aliphatic carbocycles. The first-order valence-electron chi connectivity index (χ1n) is 8.97. The van der Waals surface area contributed by atoms with Gasteiger partial charge in [0.25, 0.3) is 0 Å². The van der Waals surface area contributed by atoms with E-state index in [4.69, 9.17) is 0 Å². The Morgan fingerprint density at radius 1 is 0.500 bits per heavy atom. The van der Waals surface area contributed by atoms with Gasteiger partial charge in [0.15, 0.2) is 0 Å². The van der Waals surface area contributed by atoms with E-state index < -0.39 is 0 Å². The Morgan fingerprint density at radius 3 is 1.50 bits per heavy atom. The van der Waals surface area contributed by atoms with Crippen molar-refractivity contribution >= 4 is 11.3 Å². The summed E-state index contributed by atoms with van der Waals surface area (Å²) in [5, 5.41) is 0. The fourth-order valence-corrected chi connectivity index (χ4v) is 4.83. The molecule has 0 atom stereocenters. The summed E-state index contributed by atoms with van der Waals surface area (Å²) in [7, 11) is 0. The lowest BCUT2D eigenvalue weighted by Crippen LogP contribution is -1.85. The molecule has 0 bridgehead atoms. The molecule has 3 aromatic carbocycles. The highest BCUT2D eigenvalue weighted by atomic mass is 32.1. The molecule has 4 aromatic rings. The van der Waals surface area contributed by atoms with Crippen LogP contribution in [-0.4, -0.2) is 0 Å². The van der Waals surface area contributed by atoms with Gasteiger partial charge < -0.3 is 0 Å². The molecule has 0 spiro atoms. The van der Waals surface area contributed by atoms with Gasteiger partial charge in [0.1, 0.15) is 0 Å². The molecule has 0 radical (unpaired) electrons. The largest absolute Gasteiger partial charge is 0.135 e. The van der Waals surface area contributed by atoms with E-state index in [1.54, 1.807) is 0 Å². The standard InChI is InChI=1S/C25H22S/c1-17-10-4-7-13-20(17)23-16-24(21-14-8-5-11-18(21)2)26-25(23)22-15-9-6-12-19(22)3/h4-16H,1-3H3. The van der Waals surface area contributed by atoms with Crippen molar-refractivity contribution in [3.63, 3.8) is 0 Å². The van der Waals surface area contributed by atoms with Crippen molar-refractivity contribution in [3.8, 4) is 32.0 Å². The SMILES string of the molecule is Cc1ccccc1-c1cc(-c2ccccc2C)c(-c2ccccc2C)s1. The van der Waals surface area contributed by atoms with Crippen LogP contribution in [0.15, 0.2) is 78.9 Å². The third kappa shape index (κ3) is 3.00. The van der Waals surface area contributed by atoms with Crippen LogP contribution >= 0.6 is 11.3 Å². The third-order valence-electron chi connectivity index (χ3n) is 4.97. The van der Waals surface area contributed by atoms with E-state index >= 15 is 0 Å². The Labute approximate surface area is 159 Å². The Bertz CT molecular complexity index is 1010. The van der Waals surface area contributed by atoms with E-state index in [1.165, 1.54) is 48.7 Å². The normalized spacial score (nSPS) is 10.9. The molecule has 0 saturated carbocycles. The van der Waals surface area contributed by atoms with Crippen LogP contribution in [0.2, 0.25) is 0 Å². The fraction of sp³-hybridized carbons (Fsp3) is 0.120. The van der Waals surface area contributed by atoms with Crippen LogP contribution in [0.5, 0.6) is 0 Å². The van der Waals surface area contributed by atoms with Crippen LogP contribution in [-0.2, 0) is 0 Å². The van der Waals surface area contributed by atoms with Crippen molar-refractivity contribution in [2.45, 2.75) is 20.8 Å². The summed E-state index contributed by atoms with van der Waals surface area (Å²) in [6.07, 6.45) is 0. The molecule has 0 amide bonds. The predicted molar refractivity (Wildman–Crippen MR) is 115 cm³/mol. The van der Waals surface area contributed by atoms with E-state index in [2.05, 4.69) is 99.6 Å². The van der Waals surface area contributed by atoms with Crippen molar-refractivity contribution in [2.24, 2.45) is 0 Å². The monoisotopic (exact) mass is 354 g/mol. The number of benzene rings is 3. The maximum absolute atomic E-state index is 2.37. The molecular weight excluding hydrogens is 332 g/mol. The Morgan fingerprint density at radius 2 is 0.962 bits per heavy atom. The van der Waals surface area contributed by atoms with E-state index in [0.717, 1.165) is 0 Å². The van der Waals surface area contributed by atoms with Gasteiger partial charge in [-0.25, -0.2) is 0 Å². The van der Waals surface area contributed by atoms with Gasteiger partial charge >= 0.3 is 0 Å². The van der Waals surface area contributed by atoms with E-state index in [9.17, 15) is 0 Å². The minimum Gasteiger partial charge on any atom is -0.135 e. The first-order chi connectivity index (χ1) is 12.6. The van der Waals surface area contributed by atoms with Crippen molar-refractivity contribution in [2.75, 3.05) is 0 Å². The van der Waals surface area contributed by atoms with Crippen LogP contribution in [0, 0.1) is 20.8 Å². The van der Waals surface area contributed by atoms with Crippen molar-refractivity contribution in [1.82, 2.24) is 0 Å². The smallest absolute Gasteiger partial charge is 0.0430 e. The van der Waals surface area contributed by atoms with Gasteiger partial charge in [-0.1, -0.05) is 72.8 Å². The van der Waals surface area contributed by atoms with Crippen LogP contribution in [0.25, 0.3) is 32.0 Å². The molecule has 0 saturated heterocycles. The predicted octanol–water partition coefficient (Wildman–Crippen LogP) is 7.67. The molecule has 128 valence electrons. The second-order valence-electron chi connectivity index (χ2n) is 6.80. The summed E-state index contributed by atoms with van der Waals surface area (Å²) in [4.78, 5) is 2.69. The lowest BCUT2D eigenvalue weighted by Gasteiger charge is -2.09. The van der Waals surface area contributed by atoms with Gasteiger partial charge in [-0.3, -0.25) is 0 Å². The van der Waals surface area contributed by atoms with Crippen LogP contribution < -0.4 is 0 Å². The number of hydrogen-bond acceptors (Lipinski definition) is 1. The molecule has 1 heteroatoms. The maximum atomic E-state index is 2.37. The maximum Gasteiger partial charge on any atom is 0.0430 e. The third-order valence-corrected chi connectivity index (χ3v) is 6.17. The van der Waals surface area contributed by atoms with Crippen LogP contribution in [0.4, 0.5) is 0 Å². The second kappa shape index (κ2) is 6.93. The van der Waals surface area contributed by atoms with Gasteiger partial charge in [-0.15, -0.1) is 11.3 Å². The number of thiophene rings is 1. The number of aryl methyl sites for hydroxylation is 3. The molecule has 4 rings (SSSR count). The molecule has 0 aliphatic heterocycles. The van der Waals surface area contributed by atoms with Crippen molar-refractivity contribution in [3.05, 3.63) is 95.6 Å². The number of hydrogen-bond donors (Lipinski definition) is 0. The van der Waals surface area contributed by atoms with Crippen LogP contribution in [0.1, 0.15) is 16.7 Å². The quantitative estimate of drug-likeness (QED) is 0.354. The zero-order valence-corrected chi connectivity index (χ0v) is 16.2. The molecule has 1 aromatic heterocycles. The van der Waals surface area contributed by atoms with Gasteiger partial charge in [-0.2, -0.15) is 0 Å². The first-order valence-corrected chi connectivity index (χ1v) is 9.78. The van der Waals surface area contributed by atoms with E-state index in [0.29, 0.717) is 0 Å². The summed E-state index contributed by atoms with van der Waals surface area (Å²) >= 11 is 1.90.